The van der Waals surface area contributed by atoms with Crippen LogP contribution in [-0.2, 0) is 18.4 Å². The summed E-state index contributed by atoms with van der Waals surface area (Å²) in [6.45, 7) is 0. The van der Waals surface area contributed by atoms with Gasteiger partial charge in [0.25, 0.3) is 0 Å². The lowest BCUT2D eigenvalue weighted by molar-refractivity contribution is 0.338. The predicted molar refractivity (Wildman–Crippen MR) is 102 cm³/mol. The Morgan fingerprint density at radius 2 is 1.79 bits per heavy atom. The molecule has 0 amide bonds. The third-order valence-electron chi connectivity index (χ3n) is 5.56. The molecule has 0 N–H and O–H groups in total. The molecule has 1 aromatic heterocycles. The highest BCUT2D eigenvalue weighted by atomic mass is 32.2. The van der Waals surface area contributed by atoms with Gasteiger partial charge < -0.3 is 4.57 Å². The summed E-state index contributed by atoms with van der Waals surface area (Å²) in [5.74, 6) is 0. The van der Waals surface area contributed by atoms with Gasteiger partial charge in [-0.3, -0.25) is 0 Å². The SMILES string of the molecule is C1=C(Sc2ccccc2)Sc2nc3c(n2C12CCCC2)CCCC3. The second-order valence-electron chi connectivity index (χ2n) is 7.12. The molecule has 2 nitrogen and oxygen atoms in total. The predicted octanol–water partition coefficient (Wildman–Crippen LogP) is 5.77. The Labute approximate surface area is 152 Å². The van der Waals surface area contributed by atoms with Gasteiger partial charge in [-0.25, -0.2) is 4.98 Å². The van der Waals surface area contributed by atoms with Crippen molar-refractivity contribution >= 4 is 23.5 Å². The maximum Gasteiger partial charge on any atom is 0.174 e. The number of aryl methyl sites for hydroxylation is 1. The molecule has 1 spiro atoms. The van der Waals surface area contributed by atoms with Gasteiger partial charge in [-0.15, -0.1) is 0 Å². The van der Waals surface area contributed by atoms with Crippen LogP contribution in [0.2, 0.25) is 0 Å². The number of imidazole rings is 1. The Kier molecular flexibility index (Phi) is 3.78. The number of benzene rings is 1. The number of hydrogen-bond donors (Lipinski definition) is 0. The minimum Gasteiger partial charge on any atom is -0.313 e. The number of fused-ring (bicyclic) bond motifs is 4. The van der Waals surface area contributed by atoms with Crippen molar-refractivity contribution in [3.8, 4) is 0 Å². The Bertz CT molecular complexity index is 785. The quantitative estimate of drug-likeness (QED) is 0.682. The van der Waals surface area contributed by atoms with Crippen LogP contribution in [0.25, 0.3) is 0 Å². The van der Waals surface area contributed by atoms with Gasteiger partial charge in [-0.2, -0.15) is 0 Å². The molecule has 1 fully saturated rings. The molecule has 2 aromatic rings. The van der Waals surface area contributed by atoms with E-state index in [9.17, 15) is 0 Å². The molecular weight excluding hydrogens is 332 g/mol. The van der Waals surface area contributed by atoms with Crippen LogP contribution in [0.4, 0.5) is 0 Å². The highest BCUT2D eigenvalue weighted by Gasteiger charge is 2.41. The number of aromatic nitrogens is 2. The number of hydrogen-bond acceptors (Lipinski definition) is 3. The Balaban J connectivity index is 1.57. The monoisotopic (exact) mass is 354 g/mol. The number of rotatable bonds is 2. The highest BCUT2D eigenvalue weighted by molar-refractivity contribution is 8.22. The summed E-state index contributed by atoms with van der Waals surface area (Å²) >= 11 is 3.79. The van der Waals surface area contributed by atoms with Crippen LogP contribution >= 0.6 is 23.5 Å². The van der Waals surface area contributed by atoms with Crippen molar-refractivity contribution in [3.05, 3.63) is 52.0 Å². The maximum absolute atomic E-state index is 5.07. The van der Waals surface area contributed by atoms with Gasteiger partial charge >= 0.3 is 0 Å². The summed E-state index contributed by atoms with van der Waals surface area (Å²) in [5, 5.41) is 1.25. The van der Waals surface area contributed by atoms with E-state index in [4.69, 9.17) is 4.98 Å². The number of thioether (sulfide) groups is 2. The molecule has 1 saturated carbocycles. The van der Waals surface area contributed by atoms with E-state index < -0.39 is 0 Å². The van der Waals surface area contributed by atoms with E-state index in [-0.39, 0.29) is 5.54 Å². The van der Waals surface area contributed by atoms with Crippen molar-refractivity contribution in [2.24, 2.45) is 0 Å². The summed E-state index contributed by atoms with van der Waals surface area (Å²) < 4.78 is 4.06. The Hall–Kier alpha value is -1.13. The molecule has 0 bridgehead atoms. The minimum absolute atomic E-state index is 0.204. The number of allylic oxidation sites excluding steroid dienone is 1. The van der Waals surface area contributed by atoms with Crippen LogP contribution in [0.1, 0.15) is 49.9 Å². The van der Waals surface area contributed by atoms with E-state index in [0.717, 1.165) is 0 Å². The first-order valence-electron chi connectivity index (χ1n) is 9.09. The lowest BCUT2D eigenvalue weighted by Gasteiger charge is -2.35. The zero-order chi connectivity index (χ0) is 16.0. The fourth-order valence-electron chi connectivity index (χ4n) is 4.46. The summed E-state index contributed by atoms with van der Waals surface area (Å²) in [6.07, 6.45) is 12.9. The smallest absolute Gasteiger partial charge is 0.174 e. The molecule has 4 heteroatoms. The van der Waals surface area contributed by atoms with Crippen molar-refractivity contribution in [1.82, 2.24) is 9.55 Å². The molecule has 0 radical (unpaired) electrons. The van der Waals surface area contributed by atoms with Crippen LogP contribution < -0.4 is 0 Å². The molecule has 5 rings (SSSR count). The minimum atomic E-state index is 0.204. The third kappa shape index (κ3) is 2.46. The maximum atomic E-state index is 5.07. The van der Waals surface area contributed by atoms with Gasteiger partial charge in [0.15, 0.2) is 5.16 Å². The van der Waals surface area contributed by atoms with E-state index in [1.807, 2.05) is 23.5 Å². The van der Waals surface area contributed by atoms with E-state index >= 15 is 0 Å². The summed E-state index contributed by atoms with van der Waals surface area (Å²) in [7, 11) is 0. The lowest BCUT2D eigenvalue weighted by atomic mass is 9.94. The topological polar surface area (TPSA) is 17.8 Å². The average molecular weight is 355 g/mol. The molecule has 2 heterocycles. The second-order valence-corrected chi connectivity index (χ2v) is 9.50. The summed E-state index contributed by atoms with van der Waals surface area (Å²) in [6, 6.07) is 10.8. The molecule has 124 valence electrons. The first-order chi connectivity index (χ1) is 11.8. The first-order valence-corrected chi connectivity index (χ1v) is 10.7. The number of nitrogens with zero attached hydrogens (tertiary/aromatic N) is 2. The normalized spacial score (nSPS) is 21.4. The molecule has 0 saturated heterocycles. The van der Waals surface area contributed by atoms with Crippen molar-refractivity contribution in [2.45, 2.75) is 67.0 Å². The van der Waals surface area contributed by atoms with Crippen LogP contribution in [0.15, 0.2) is 50.7 Å². The zero-order valence-electron chi connectivity index (χ0n) is 13.8. The molecule has 0 unspecified atom stereocenters. The van der Waals surface area contributed by atoms with Gasteiger partial charge in [-0.05, 0) is 68.5 Å². The highest BCUT2D eigenvalue weighted by Crippen LogP contribution is 2.52. The van der Waals surface area contributed by atoms with Gasteiger partial charge in [0.2, 0.25) is 0 Å². The van der Waals surface area contributed by atoms with E-state index in [2.05, 4.69) is 41.0 Å². The van der Waals surface area contributed by atoms with Crippen molar-refractivity contribution in [3.63, 3.8) is 0 Å². The first kappa shape index (κ1) is 15.2. The largest absolute Gasteiger partial charge is 0.313 e. The Morgan fingerprint density at radius 3 is 2.62 bits per heavy atom. The lowest BCUT2D eigenvalue weighted by Crippen LogP contribution is -2.33. The van der Waals surface area contributed by atoms with Gasteiger partial charge in [0.05, 0.1) is 15.5 Å². The van der Waals surface area contributed by atoms with E-state index in [1.165, 1.54) is 71.3 Å². The summed E-state index contributed by atoms with van der Waals surface area (Å²) in [4.78, 5) is 6.40. The molecule has 2 aliphatic carbocycles. The van der Waals surface area contributed by atoms with E-state index in [0.29, 0.717) is 0 Å². The van der Waals surface area contributed by atoms with Gasteiger partial charge in [0, 0.05) is 10.6 Å². The fraction of sp³-hybridized carbons (Fsp3) is 0.450. The fourth-order valence-corrected chi connectivity index (χ4v) is 6.94. The van der Waals surface area contributed by atoms with Crippen LogP contribution in [-0.4, -0.2) is 9.55 Å². The van der Waals surface area contributed by atoms with Crippen LogP contribution in [0.5, 0.6) is 0 Å². The molecular formula is C20H22N2S2. The summed E-state index contributed by atoms with van der Waals surface area (Å²) in [5.41, 5.74) is 3.13. The van der Waals surface area contributed by atoms with Crippen molar-refractivity contribution < 1.29 is 0 Å². The van der Waals surface area contributed by atoms with Crippen molar-refractivity contribution in [2.75, 3.05) is 0 Å². The standard InChI is InChI=1S/C20H22N2S2/c1-2-8-15(9-3-1)23-18-14-20(12-6-7-13-20)22-17-11-5-4-10-16(17)21-19(22)24-18/h1-3,8-9,14H,4-7,10-13H2. The van der Waals surface area contributed by atoms with Gasteiger partial charge in [-0.1, -0.05) is 42.8 Å². The van der Waals surface area contributed by atoms with Crippen molar-refractivity contribution in [1.29, 1.82) is 0 Å². The van der Waals surface area contributed by atoms with Crippen LogP contribution in [0.3, 0.4) is 0 Å². The average Bonchev–Trinajstić information content (AvgIpc) is 3.20. The zero-order valence-corrected chi connectivity index (χ0v) is 15.5. The van der Waals surface area contributed by atoms with Gasteiger partial charge in [0.1, 0.15) is 0 Å². The molecule has 0 atom stereocenters. The molecule has 1 aromatic carbocycles. The second kappa shape index (κ2) is 5.99. The molecule has 24 heavy (non-hydrogen) atoms. The van der Waals surface area contributed by atoms with E-state index in [1.54, 1.807) is 5.69 Å². The third-order valence-corrected chi connectivity index (χ3v) is 7.66. The van der Waals surface area contributed by atoms with Crippen LogP contribution in [0, 0.1) is 0 Å². The molecule has 3 aliphatic rings. The molecule has 1 aliphatic heterocycles. The Morgan fingerprint density at radius 1 is 1.00 bits per heavy atom.